The molecule has 0 bridgehead atoms. The molecular weight excluding hydrogens is 475 g/mol. The molecule has 3 aromatic rings. The minimum Gasteiger partial charge on any atom is -0.459 e. The number of furan rings is 1. The average molecular weight is 502 g/mol. The third kappa shape index (κ3) is 4.93. The average Bonchev–Trinajstić information content (AvgIpc) is 3.38. The fourth-order valence-corrected chi connectivity index (χ4v) is 3.48. The van der Waals surface area contributed by atoms with Gasteiger partial charge in [-0.25, -0.2) is 0 Å². The highest BCUT2D eigenvalue weighted by Crippen LogP contribution is 2.24. The predicted molar refractivity (Wildman–Crippen MR) is 131 cm³/mol. The van der Waals surface area contributed by atoms with Crippen molar-refractivity contribution in [3.8, 4) is 0 Å². The van der Waals surface area contributed by atoms with Crippen molar-refractivity contribution in [3.05, 3.63) is 77.6 Å². The molecule has 2 aromatic carbocycles. The number of rotatable bonds is 5. The second kappa shape index (κ2) is 9.82. The second-order valence-corrected chi connectivity index (χ2v) is 6.97. The Kier molecular flexibility index (Phi) is 7.19. The normalized spacial score (nSPS) is 13.6. The Morgan fingerprint density at radius 3 is 2.38 bits per heavy atom. The van der Waals surface area contributed by atoms with Crippen molar-refractivity contribution < 1.29 is 4.42 Å². The molecule has 0 aliphatic carbocycles. The third-order valence-corrected chi connectivity index (χ3v) is 5.16. The molecule has 2 heterocycles. The number of aliphatic imine (C=N–C) groups is 1. The number of halogens is 1. The largest absolute Gasteiger partial charge is 0.459 e. The number of nitrogens with zero attached hydrogens (tertiary/aromatic N) is 2. The number of anilines is 1. The van der Waals surface area contributed by atoms with E-state index in [1.54, 1.807) is 7.05 Å². The Bertz CT molecular complexity index is 999. The zero-order chi connectivity index (χ0) is 19.3. The standard InChI is InChI=1S/C23H26N4O.HI/c1-17-20-7-3-4-8-21(20)28-22(17)16-26-23(24-2)25-15-18-9-11-19(12-10-18)27-13-5-6-14-27;/h3-12H,13-16H2,1-2H3,(H2,24,25,26);1H. The molecule has 1 aliphatic heterocycles. The SMILES string of the molecule is CN=C(NCc1ccc(N2CC=CC2)cc1)NCc1oc2ccccc2c1C.I. The topological polar surface area (TPSA) is 52.8 Å². The van der Waals surface area contributed by atoms with Crippen molar-refractivity contribution in [2.45, 2.75) is 20.0 Å². The van der Waals surface area contributed by atoms with Crippen LogP contribution in [0.25, 0.3) is 11.0 Å². The number of guanidine groups is 1. The third-order valence-electron chi connectivity index (χ3n) is 5.16. The number of hydrogen-bond donors (Lipinski definition) is 2. The summed E-state index contributed by atoms with van der Waals surface area (Å²) in [6.45, 7) is 5.40. The minimum atomic E-state index is 0. The Labute approximate surface area is 188 Å². The molecule has 1 aromatic heterocycles. The predicted octanol–water partition coefficient (Wildman–Crippen LogP) is 4.60. The maximum atomic E-state index is 5.96. The van der Waals surface area contributed by atoms with Crippen molar-refractivity contribution >= 4 is 46.6 Å². The number of para-hydroxylation sites is 1. The molecule has 4 rings (SSSR count). The number of hydrogen-bond acceptors (Lipinski definition) is 3. The number of fused-ring (bicyclic) bond motifs is 1. The number of nitrogens with one attached hydrogen (secondary N) is 2. The lowest BCUT2D eigenvalue weighted by Gasteiger charge is -2.18. The molecule has 0 spiro atoms. The molecule has 0 saturated heterocycles. The summed E-state index contributed by atoms with van der Waals surface area (Å²) >= 11 is 0. The fraction of sp³-hybridized carbons (Fsp3) is 0.261. The fourth-order valence-electron chi connectivity index (χ4n) is 3.48. The maximum Gasteiger partial charge on any atom is 0.191 e. The molecule has 0 saturated carbocycles. The Morgan fingerprint density at radius 1 is 1.00 bits per heavy atom. The van der Waals surface area contributed by atoms with Crippen molar-refractivity contribution in [2.24, 2.45) is 4.99 Å². The zero-order valence-electron chi connectivity index (χ0n) is 16.8. The summed E-state index contributed by atoms with van der Waals surface area (Å²) < 4.78 is 5.96. The van der Waals surface area contributed by atoms with Gasteiger partial charge >= 0.3 is 0 Å². The minimum absolute atomic E-state index is 0. The van der Waals surface area contributed by atoms with Crippen LogP contribution in [-0.2, 0) is 13.1 Å². The van der Waals surface area contributed by atoms with Gasteiger partial charge in [0.25, 0.3) is 0 Å². The first-order valence-electron chi connectivity index (χ1n) is 9.65. The Morgan fingerprint density at radius 2 is 1.69 bits per heavy atom. The lowest BCUT2D eigenvalue weighted by molar-refractivity contribution is 0.534. The van der Waals surface area contributed by atoms with Crippen molar-refractivity contribution in [1.82, 2.24) is 10.6 Å². The summed E-state index contributed by atoms with van der Waals surface area (Å²) in [5.41, 5.74) is 4.58. The molecule has 5 nitrogen and oxygen atoms in total. The summed E-state index contributed by atoms with van der Waals surface area (Å²) in [7, 11) is 1.78. The Hall–Kier alpha value is -2.48. The van der Waals surface area contributed by atoms with Crippen LogP contribution in [0.3, 0.4) is 0 Å². The number of benzene rings is 2. The molecule has 0 unspecified atom stereocenters. The lowest BCUT2D eigenvalue weighted by atomic mass is 10.1. The van der Waals surface area contributed by atoms with Gasteiger partial charge in [0.05, 0.1) is 6.54 Å². The van der Waals surface area contributed by atoms with Crippen LogP contribution in [0, 0.1) is 6.92 Å². The molecule has 0 radical (unpaired) electrons. The van der Waals surface area contributed by atoms with E-state index in [4.69, 9.17) is 4.42 Å². The van der Waals surface area contributed by atoms with Gasteiger partial charge in [-0.1, -0.05) is 42.5 Å². The highest BCUT2D eigenvalue weighted by atomic mass is 127. The van der Waals surface area contributed by atoms with Crippen molar-refractivity contribution in [2.75, 3.05) is 25.0 Å². The first kappa shape index (κ1) is 21.2. The van der Waals surface area contributed by atoms with Gasteiger partial charge in [0.2, 0.25) is 0 Å². The Balaban J connectivity index is 0.00000240. The van der Waals surface area contributed by atoms with Gasteiger partial charge in [0, 0.05) is 43.3 Å². The van der Waals surface area contributed by atoms with Crippen molar-refractivity contribution in [3.63, 3.8) is 0 Å². The van der Waals surface area contributed by atoms with E-state index in [9.17, 15) is 0 Å². The van der Waals surface area contributed by atoms with Gasteiger partial charge in [0.15, 0.2) is 5.96 Å². The van der Waals surface area contributed by atoms with Crippen LogP contribution in [0.2, 0.25) is 0 Å². The van der Waals surface area contributed by atoms with E-state index in [0.717, 1.165) is 42.3 Å². The van der Waals surface area contributed by atoms with Gasteiger partial charge < -0.3 is 20.0 Å². The van der Waals surface area contributed by atoms with Gasteiger partial charge in [0.1, 0.15) is 11.3 Å². The maximum absolute atomic E-state index is 5.96. The second-order valence-electron chi connectivity index (χ2n) is 6.97. The van der Waals surface area contributed by atoms with Gasteiger partial charge in [-0.05, 0) is 30.7 Å². The van der Waals surface area contributed by atoms with Crippen LogP contribution in [-0.4, -0.2) is 26.1 Å². The summed E-state index contributed by atoms with van der Waals surface area (Å²) in [6, 6.07) is 16.8. The van der Waals surface area contributed by atoms with Crippen molar-refractivity contribution in [1.29, 1.82) is 0 Å². The summed E-state index contributed by atoms with van der Waals surface area (Å²) in [5, 5.41) is 7.87. The van der Waals surface area contributed by atoms with Crippen LogP contribution >= 0.6 is 24.0 Å². The van der Waals surface area contributed by atoms with E-state index in [1.165, 1.54) is 16.8 Å². The quantitative estimate of drug-likeness (QED) is 0.232. The summed E-state index contributed by atoms with van der Waals surface area (Å²) in [6.07, 6.45) is 4.41. The molecular formula is C23H27IN4O. The highest BCUT2D eigenvalue weighted by molar-refractivity contribution is 14.0. The molecule has 29 heavy (non-hydrogen) atoms. The first-order valence-corrected chi connectivity index (χ1v) is 9.65. The van der Waals surface area contributed by atoms with Gasteiger partial charge in [-0.3, -0.25) is 4.99 Å². The smallest absolute Gasteiger partial charge is 0.191 e. The van der Waals surface area contributed by atoms with Crippen LogP contribution in [0.5, 0.6) is 0 Å². The molecule has 0 amide bonds. The van der Waals surface area contributed by atoms with E-state index >= 15 is 0 Å². The summed E-state index contributed by atoms with van der Waals surface area (Å²) in [5.74, 6) is 1.69. The molecule has 152 valence electrons. The molecule has 0 fully saturated rings. The lowest BCUT2D eigenvalue weighted by Crippen LogP contribution is -2.36. The molecule has 6 heteroatoms. The van der Waals surface area contributed by atoms with Crippen LogP contribution in [0.4, 0.5) is 5.69 Å². The molecule has 2 N–H and O–H groups in total. The van der Waals surface area contributed by atoms with E-state index in [2.05, 4.69) is 69.9 Å². The van der Waals surface area contributed by atoms with E-state index in [-0.39, 0.29) is 24.0 Å². The number of aryl methyl sites for hydroxylation is 1. The van der Waals surface area contributed by atoms with E-state index in [1.807, 2.05) is 18.2 Å². The van der Waals surface area contributed by atoms with Crippen LogP contribution < -0.4 is 15.5 Å². The molecule has 0 atom stereocenters. The molecule has 1 aliphatic rings. The monoisotopic (exact) mass is 502 g/mol. The summed E-state index contributed by atoms with van der Waals surface area (Å²) in [4.78, 5) is 6.66. The first-order chi connectivity index (χ1) is 13.7. The van der Waals surface area contributed by atoms with Gasteiger partial charge in [-0.2, -0.15) is 0 Å². The van der Waals surface area contributed by atoms with Gasteiger partial charge in [-0.15, -0.1) is 24.0 Å². The van der Waals surface area contributed by atoms with E-state index in [0.29, 0.717) is 6.54 Å². The zero-order valence-corrected chi connectivity index (χ0v) is 19.1. The van der Waals surface area contributed by atoms with Crippen LogP contribution in [0.1, 0.15) is 16.9 Å². The van der Waals surface area contributed by atoms with Crippen LogP contribution in [0.15, 0.2) is 70.1 Å². The highest BCUT2D eigenvalue weighted by Gasteiger charge is 2.10. The van der Waals surface area contributed by atoms with E-state index < -0.39 is 0 Å².